The van der Waals surface area contributed by atoms with Crippen molar-refractivity contribution in [2.45, 2.75) is 32.6 Å². The van der Waals surface area contributed by atoms with Crippen molar-refractivity contribution in [2.75, 3.05) is 0 Å². The Morgan fingerprint density at radius 3 is 2.10 bits per heavy atom. The van der Waals surface area contributed by atoms with Gasteiger partial charge in [-0.2, -0.15) is 31.4 Å². The molecular weight excluding hydrogens is 286 g/mol. The van der Waals surface area contributed by atoms with Gasteiger partial charge in [0, 0.05) is 18.5 Å². The van der Waals surface area contributed by atoms with Gasteiger partial charge in [0.1, 0.15) is 5.69 Å². The van der Waals surface area contributed by atoms with Gasteiger partial charge >= 0.3 is 12.4 Å². The van der Waals surface area contributed by atoms with Gasteiger partial charge in [-0.3, -0.25) is 4.68 Å². The summed E-state index contributed by atoms with van der Waals surface area (Å²) in [6.45, 7) is 2.93. The minimum Gasteiger partial charge on any atom is -0.263 e. The van der Waals surface area contributed by atoms with E-state index in [4.69, 9.17) is 0 Å². The highest BCUT2D eigenvalue weighted by molar-refractivity contribution is 5.32. The van der Waals surface area contributed by atoms with Crippen molar-refractivity contribution in [3.63, 3.8) is 0 Å². The maximum atomic E-state index is 12.9. The van der Waals surface area contributed by atoms with Gasteiger partial charge in [-0.05, 0) is 13.3 Å². The first-order valence-electron chi connectivity index (χ1n) is 5.61. The lowest BCUT2D eigenvalue weighted by Gasteiger charge is -2.12. The van der Waals surface area contributed by atoms with E-state index < -0.39 is 41.6 Å². The third kappa shape index (κ3) is 3.46. The van der Waals surface area contributed by atoms with Crippen molar-refractivity contribution in [1.29, 1.82) is 0 Å². The van der Waals surface area contributed by atoms with Gasteiger partial charge in [-0.25, -0.2) is 0 Å². The zero-order valence-electron chi connectivity index (χ0n) is 10.9. The standard InChI is InChI=1S/C12H12F6N2/c1-4-5-7(2)6-8-9(11(13,14)15)19-20(3)10(8)12(16,17)18/h7H,6H2,1-3H3. The molecule has 0 N–H and O–H groups in total. The molecule has 0 amide bonds. The Balaban J connectivity index is 3.45. The number of hydrogen-bond donors (Lipinski definition) is 0. The van der Waals surface area contributed by atoms with Gasteiger partial charge in [-0.1, -0.05) is 6.92 Å². The Hall–Kier alpha value is -1.65. The third-order valence-electron chi connectivity index (χ3n) is 2.58. The number of aryl methyl sites for hydroxylation is 1. The van der Waals surface area contributed by atoms with E-state index in [0.717, 1.165) is 7.05 Å². The van der Waals surface area contributed by atoms with E-state index >= 15 is 0 Å². The summed E-state index contributed by atoms with van der Waals surface area (Å²) in [6.07, 6.45) is -10.3. The molecule has 0 aliphatic heterocycles. The monoisotopic (exact) mass is 298 g/mol. The van der Waals surface area contributed by atoms with Crippen LogP contribution in [-0.2, 0) is 25.8 Å². The average molecular weight is 298 g/mol. The Morgan fingerprint density at radius 1 is 1.15 bits per heavy atom. The molecule has 1 unspecified atom stereocenters. The van der Waals surface area contributed by atoms with Gasteiger partial charge in [0.05, 0.1) is 0 Å². The molecule has 1 aromatic heterocycles. The van der Waals surface area contributed by atoms with Gasteiger partial charge in [-0.15, -0.1) is 11.8 Å². The fraction of sp³-hybridized carbons (Fsp3) is 0.583. The summed E-state index contributed by atoms with van der Waals surface area (Å²) in [4.78, 5) is 0. The van der Waals surface area contributed by atoms with Crippen LogP contribution in [0.25, 0.3) is 0 Å². The molecule has 20 heavy (non-hydrogen) atoms. The van der Waals surface area contributed by atoms with Crippen LogP contribution in [0.2, 0.25) is 0 Å². The second-order valence-electron chi connectivity index (χ2n) is 4.29. The van der Waals surface area contributed by atoms with E-state index in [1.54, 1.807) is 0 Å². The van der Waals surface area contributed by atoms with Crippen LogP contribution >= 0.6 is 0 Å². The van der Waals surface area contributed by atoms with Crippen molar-refractivity contribution < 1.29 is 26.3 Å². The van der Waals surface area contributed by atoms with Gasteiger partial charge in [0.25, 0.3) is 0 Å². The van der Waals surface area contributed by atoms with Crippen LogP contribution < -0.4 is 0 Å². The molecule has 0 aliphatic rings. The number of aromatic nitrogens is 2. The van der Waals surface area contributed by atoms with Crippen LogP contribution in [0.4, 0.5) is 26.3 Å². The van der Waals surface area contributed by atoms with Crippen LogP contribution in [0.3, 0.4) is 0 Å². The SMILES string of the molecule is CC#CC(C)Cc1c(C(F)(F)F)nn(C)c1C(F)(F)F. The van der Waals surface area contributed by atoms with Crippen molar-refractivity contribution in [3.8, 4) is 11.8 Å². The summed E-state index contributed by atoms with van der Waals surface area (Å²) in [5, 5.41) is 2.98. The number of alkyl halides is 6. The second kappa shape index (κ2) is 5.38. The van der Waals surface area contributed by atoms with Crippen molar-refractivity contribution in [2.24, 2.45) is 13.0 Å². The average Bonchev–Trinajstić information content (AvgIpc) is 2.54. The lowest BCUT2D eigenvalue weighted by atomic mass is 9.99. The summed E-state index contributed by atoms with van der Waals surface area (Å²) in [6, 6.07) is 0. The minimum atomic E-state index is -4.93. The molecule has 0 fully saturated rings. The van der Waals surface area contributed by atoms with Gasteiger partial charge in [0.15, 0.2) is 5.69 Å². The van der Waals surface area contributed by atoms with E-state index in [1.165, 1.54) is 13.8 Å². The van der Waals surface area contributed by atoms with Crippen LogP contribution in [0, 0.1) is 17.8 Å². The van der Waals surface area contributed by atoms with Gasteiger partial charge in [0.2, 0.25) is 0 Å². The molecule has 0 aromatic carbocycles. The Labute approximate surface area is 111 Å². The van der Waals surface area contributed by atoms with Crippen LogP contribution in [0.1, 0.15) is 30.8 Å². The smallest absolute Gasteiger partial charge is 0.263 e. The molecule has 2 nitrogen and oxygen atoms in total. The van der Waals surface area contributed by atoms with Crippen LogP contribution in [0.5, 0.6) is 0 Å². The summed E-state index contributed by atoms with van der Waals surface area (Å²) in [7, 11) is 0.845. The summed E-state index contributed by atoms with van der Waals surface area (Å²) in [5.41, 5.74) is -3.74. The van der Waals surface area contributed by atoms with Gasteiger partial charge < -0.3 is 0 Å². The van der Waals surface area contributed by atoms with Crippen LogP contribution in [0.15, 0.2) is 0 Å². The lowest BCUT2D eigenvalue weighted by molar-refractivity contribution is -0.145. The number of nitrogens with zero attached hydrogens (tertiary/aromatic N) is 2. The Morgan fingerprint density at radius 2 is 1.70 bits per heavy atom. The molecule has 1 aromatic rings. The minimum absolute atomic E-state index is 0.226. The van der Waals surface area contributed by atoms with E-state index in [9.17, 15) is 26.3 Å². The first-order chi connectivity index (χ1) is 8.98. The van der Waals surface area contributed by atoms with E-state index in [0.29, 0.717) is 0 Å². The maximum absolute atomic E-state index is 12.9. The highest BCUT2D eigenvalue weighted by Gasteiger charge is 2.45. The van der Waals surface area contributed by atoms with E-state index in [2.05, 4.69) is 16.9 Å². The summed E-state index contributed by atoms with van der Waals surface area (Å²) < 4.78 is 77.2. The first kappa shape index (κ1) is 16.4. The maximum Gasteiger partial charge on any atom is 0.435 e. The number of rotatable bonds is 2. The molecule has 1 heterocycles. The van der Waals surface area contributed by atoms with Crippen molar-refractivity contribution in [1.82, 2.24) is 9.78 Å². The zero-order chi connectivity index (χ0) is 15.7. The Kier molecular flexibility index (Phi) is 4.42. The largest absolute Gasteiger partial charge is 0.435 e. The van der Waals surface area contributed by atoms with E-state index in [1.807, 2.05) is 0 Å². The summed E-state index contributed by atoms with van der Waals surface area (Å²) in [5.74, 6) is 4.38. The van der Waals surface area contributed by atoms with Crippen molar-refractivity contribution >= 4 is 0 Å². The molecule has 0 spiro atoms. The highest BCUT2D eigenvalue weighted by atomic mass is 19.4. The fourth-order valence-corrected chi connectivity index (χ4v) is 1.95. The summed E-state index contributed by atoms with van der Waals surface area (Å²) >= 11 is 0. The molecular formula is C12H12F6N2. The highest BCUT2D eigenvalue weighted by Crippen LogP contribution is 2.39. The molecule has 0 radical (unpaired) electrons. The zero-order valence-corrected chi connectivity index (χ0v) is 10.9. The molecule has 0 bridgehead atoms. The molecule has 112 valence electrons. The third-order valence-corrected chi connectivity index (χ3v) is 2.58. The predicted octanol–water partition coefficient (Wildman–Crippen LogP) is 3.66. The Bertz CT molecular complexity index is 541. The quantitative estimate of drug-likeness (QED) is 0.602. The lowest BCUT2D eigenvalue weighted by Crippen LogP contribution is -2.16. The molecule has 0 saturated carbocycles. The first-order valence-corrected chi connectivity index (χ1v) is 5.61. The van der Waals surface area contributed by atoms with Crippen LogP contribution in [-0.4, -0.2) is 9.78 Å². The fourth-order valence-electron chi connectivity index (χ4n) is 1.95. The topological polar surface area (TPSA) is 17.8 Å². The molecule has 0 saturated heterocycles. The van der Waals surface area contributed by atoms with E-state index in [-0.39, 0.29) is 4.68 Å². The second-order valence-corrected chi connectivity index (χ2v) is 4.29. The number of halogens is 6. The molecule has 8 heteroatoms. The normalized spacial score (nSPS) is 13.8. The predicted molar refractivity (Wildman–Crippen MR) is 59.5 cm³/mol. The molecule has 1 rings (SSSR count). The molecule has 1 atom stereocenters. The number of hydrogen-bond acceptors (Lipinski definition) is 1. The van der Waals surface area contributed by atoms with Crippen molar-refractivity contribution in [3.05, 3.63) is 17.0 Å². The molecule has 0 aliphatic carbocycles.